The molecule has 0 bridgehead atoms. The summed E-state index contributed by atoms with van der Waals surface area (Å²) in [6, 6.07) is 0. The molecular formula is C22H35FO2. The first-order valence-electron chi connectivity index (χ1n) is 9.24. The van der Waals surface area contributed by atoms with E-state index in [2.05, 4.69) is 50.7 Å². The van der Waals surface area contributed by atoms with Crippen LogP contribution in [-0.4, -0.2) is 12.6 Å². The van der Waals surface area contributed by atoms with Crippen molar-refractivity contribution in [3.8, 4) is 0 Å². The Labute approximate surface area is 153 Å². The van der Waals surface area contributed by atoms with Gasteiger partial charge >= 0.3 is 5.97 Å². The highest BCUT2D eigenvalue weighted by Crippen LogP contribution is 2.16. The van der Waals surface area contributed by atoms with Gasteiger partial charge < -0.3 is 4.74 Å². The van der Waals surface area contributed by atoms with Gasteiger partial charge in [-0.2, -0.15) is 4.39 Å². The van der Waals surface area contributed by atoms with Gasteiger partial charge in [-0.15, -0.1) is 0 Å². The predicted molar refractivity (Wildman–Crippen MR) is 105 cm³/mol. The van der Waals surface area contributed by atoms with Crippen LogP contribution in [-0.2, 0) is 9.53 Å². The van der Waals surface area contributed by atoms with E-state index in [1.54, 1.807) is 13.8 Å². The zero-order chi connectivity index (χ0) is 19.2. The van der Waals surface area contributed by atoms with Gasteiger partial charge in [0.2, 0.25) is 5.83 Å². The quantitative estimate of drug-likeness (QED) is 0.228. The minimum absolute atomic E-state index is 0.194. The van der Waals surface area contributed by atoms with Crippen LogP contribution in [0, 0.1) is 0 Å². The van der Waals surface area contributed by atoms with Crippen LogP contribution < -0.4 is 0 Å². The molecule has 0 saturated heterocycles. The van der Waals surface area contributed by atoms with Crippen LogP contribution in [0.4, 0.5) is 4.39 Å². The van der Waals surface area contributed by atoms with Crippen molar-refractivity contribution in [1.82, 2.24) is 0 Å². The molecule has 0 saturated carbocycles. The molecule has 3 heteroatoms. The largest absolute Gasteiger partial charge is 0.461 e. The van der Waals surface area contributed by atoms with Gasteiger partial charge in [0.15, 0.2) is 0 Å². The van der Waals surface area contributed by atoms with Crippen molar-refractivity contribution in [1.29, 1.82) is 0 Å². The molecular weight excluding hydrogens is 315 g/mol. The van der Waals surface area contributed by atoms with Gasteiger partial charge in [0, 0.05) is 0 Å². The zero-order valence-electron chi connectivity index (χ0n) is 16.9. The zero-order valence-corrected chi connectivity index (χ0v) is 16.9. The van der Waals surface area contributed by atoms with Crippen molar-refractivity contribution in [2.24, 2.45) is 0 Å². The monoisotopic (exact) mass is 350 g/mol. The second-order valence-corrected chi connectivity index (χ2v) is 6.81. The highest BCUT2D eigenvalue weighted by Gasteiger charge is 2.12. The highest BCUT2D eigenvalue weighted by atomic mass is 19.1. The molecule has 0 heterocycles. The summed E-state index contributed by atoms with van der Waals surface area (Å²) < 4.78 is 18.4. The number of hydrogen-bond acceptors (Lipinski definition) is 2. The number of carbonyl (C=O) groups is 1. The molecule has 0 amide bonds. The standard InChI is InChI=1S/C22H35FO2/c1-7-25-22(24)21(23)20(6)16-10-15-19(5)14-9-13-18(4)12-8-11-17(2)3/h11,13,15H,7-10,12,14,16H2,1-6H3/b18-13+,19-15+,21-20+. The summed E-state index contributed by atoms with van der Waals surface area (Å²) in [6.07, 6.45) is 12.3. The van der Waals surface area contributed by atoms with Crippen LogP contribution in [0.1, 0.15) is 80.1 Å². The first-order chi connectivity index (χ1) is 11.8. The molecule has 0 fully saturated rings. The van der Waals surface area contributed by atoms with Crippen molar-refractivity contribution < 1.29 is 13.9 Å². The average Bonchev–Trinajstić information content (AvgIpc) is 2.53. The van der Waals surface area contributed by atoms with Gasteiger partial charge in [0.05, 0.1) is 6.61 Å². The predicted octanol–water partition coefficient (Wildman–Crippen LogP) is 6.99. The normalized spacial score (nSPS) is 13.4. The van der Waals surface area contributed by atoms with E-state index in [0.29, 0.717) is 12.0 Å². The number of carbonyl (C=O) groups excluding carboxylic acids is 1. The third kappa shape index (κ3) is 12.4. The molecule has 0 aliphatic rings. The smallest absolute Gasteiger partial charge is 0.367 e. The molecule has 0 aliphatic carbocycles. The van der Waals surface area contributed by atoms with Gasteiger partial charge in [-0.05, 0) is 85.6 Å². The Morgan fingerprint density at radius 2 is 1.32 bits per heavy atom. The van der Waals surface area contributed by atoms with E-state index in [0.717, 1.165) is 32.1 Å². The molecule has 0 radical (unpaired) electrons. The summed E-state index contributed by atoms with van der Waals surface area (Å²) >= 11 is 0. The van der Waals surface area contributed by atoms with Crippen LogP contribution in [0.5, 0.6) is 0 Å². The summed E-state index contributed by atoms with van der Waals surface area (Å²) in [5, 5.41) is 0. The van der Waals surface area contributed by atoms with E-state index >= 15 is 0 Å². The van der Waals surface area contributed by atoms with E-state index in [-0.39, 0.29) is 6.61 Å². The first-order valence-corrected chi connectivity index (χ1v) is 9.24. The molecule has 0 unspecified atom stereocenters. The minimum Gasteiger partial charge on any atom is -0.461 e. The van der Waals surface area contributed by atoms with E-state index < -0.39 is 11.8 Å². The molecule has 0 N–H and O–H groups in total. The average molecular weight is 351 g/mol. The molecule has 0 aromatic carbocycles. The third-order valence-electron chi connectivity index (χ3n) is 3.96. The summed E-state index contributed by atoms with van der Waals surface area (Å²) in [7, 11) is 0. The Morgan fingerprint density at radius 1 is 0.840 bits per heavy atom. The van der Waals surface area contributed by atoms with Gasteiger partial charge in [0.1, 0.15) is 0 Å². The summed E-state index contributed by atoms with van der Waals surface area (Å²) in [5.74, 6) is -1.60. The maximum Gasteiger partial charge on any atom is 0.367 e. The van der Waals surface area contributed by atoms with Crippen LogP contribution in [0.3, 0.4) is 0 Å². The Balaban J connectivity index is 4.23. The number of allylic oxidation sites excluding steroid dienone is 7. The second kappa shape index (κ2) is 13.6. The number of halogens is 1. The van der Waals surface area contributed by atoms with Crippen molar-refractivity contribution in [2.75, 3.05) is 6.61 Å². The van der Waals surface area contributed by atoms with E-state index in [1.807, 2.05) is 0 Å². The summed E-state index contributed by atoms with van der Waals surface area (Å²) in [5.41, 5.74) is 4.56. The molecule has 0 aromatic heterocycles. The number of esters is 1. The molecule has 0 aliphatic heterocycles. The summed E-state index contributed by atoms with van der Waals surface area (Å²) in [6.45, 7) is 12.1. The van der Waals surface area contributed by atoms with Crippen molar-refractivity contribution >= 4 is 5.97 Å². The Hall–Kier alpha value is -1.64. The maximum atomic E-state index is 13.7. The van der Waals surface area contributed by atoms with E-state index in [1.165, 1.54) is 16.7 Å². The lowest BCUT2D eigenvalue weighted by atomic mass is 10.0. The SMILES string of the molecule is CCOC(=O)/C(F)=C(/C)CC/C=C(\C)CC/C=C(\C)CCC=C(C)C. The Morgan fingerprint density at radius 3 is 1.80 bits per heavy atom. The van der Waals surface area contributed by atoms with Gasteiger partial charge in [-0.1, -0.05) is 34.9 Å². The number of hydrogen-bond donors (Lipinski definition) is 0. The van der Waals surface area contributed by atoms with Crippen LogP contribution in [0.25, 0.3) is 0 Å². The van der Waals surface area contributed by atoms with Crippen molar-refractivity contribution in [3.05, 3.63) is 46.3 Å². The molecule has 0 rings (SSSR count). The molecule has 142 valence electrons. The lowest BCUT2D eigenvalue weighted by molar-refractivity contribution is -0.140. The van der Waals surface area contributed by atoms with Gasteiger partial charge in [-0.3, -0.25) is 0 Å². The van der Waals surface area contributed by atoms with Gasteiger partial charge in [0.25, 0.3) is 0 Å². The Bertz CT molecular complexity index is 532. The van der Waals surface area contributed by atoms with Crippen LogP contribution >= 0.6 is 0 Å². The van der Waals surface area contributed by atoms with Crippen molar-refractivity contribution in [2.45, 2.75) is 80.1 Å². The van der Waals surface area contributed by atoms with Gasteiger partial charge in [-0.25, -0.2) is 4.79 Å². The first kappa shape index (κ1) is 23.4. The fourth-order valence-electron chi connectivity index (χ4n) is 2.35. The number of ether oxygens (including phenoxy) is 1. The Kier molecular flexibility index (Phi) is 12.7. The third-order valence-corrected chi connectivity index (χ3v) is 3.96. The lowest BCUT2D eigenvalue weighted by Gasteiger charge is -2.04. The van der Waals surface area contributed by atoms with E-state index in [4.69, 9.17) is 0 Å². The summed E-state index contributed by atoms with van der Waals surface area (Å²) in [4.78, 5) is 11.3. The minimum atomic E-state index is -0.852. The second-order valence-electron chi connectivity index (χ2n) is 6.81. The van der Waals surface area contributed by atoms with Crippen molar-refractivity contribution in [3.63, 3.8) is 0 Å². The fraction of sp³-hybridized carbons (Fsp3) is 0.591. The topological polar surface area (TPSA) is 26.3 Å². The highest BCUT2D eigenvalue weighted by molar-refractivity contribution is 5.86. The molecule has 0 spiro atoms. The molecule has 2 nitrogen and oxygen atoms in total. The number of rotatable bonds is 11. The van der Waals surface area contributed by atoms with E-state index in [9.17, 15) is 9.18 Å². The molecule has 0 aromatic rings. The maximum absolute atomic E-state index is 13.7. The van der Waals surface area contributed by atoms with Crippen LogP contribution in [0.15, 0.2) is 46.3 Å². The lowest BCUT2D eigenvalue weighted by Crippen LogP contribution is -2.06. The molecule has 25 heavy (non-hydrogen) atoms. The fourth-order valence-corrected chi connectivity index (χ4v) is 2.35. The molecule has 0 atom stereocenters. The van der Waals surface area contributed by atoms with Crippen LogP contribution in [0.2, 0.25) is 0 Å².